The van der Waals surface area contributed by atoms with Crippen molar-refractivity contribution in [2.75, 3.05) is 33.0 Å². The number of aromatic amines is 1. The zero-order valence-electron chi connectivity index (χ0n) is 10.8. The van der Waals surface area contributed by atoms with Crippen LogP contribution in [0.3, 0.4) is 0 Å². The Kier molecular flexibility index (Phi) is 2.62. The molecule has 1 aromatic heterocycles. The Hall–Kier alpha value is -1.36. The third kappa shape index (κ3) is 1.64. The normalized spacial score (nSPS) is 26.2. The van der Waals surface area contributed by atoms with Crippen molar-refractivity contribution in [1.29, 1.82) is 0 Å². The second kappa shape index (κ2) is 4.34. The lowest BCUT2D eigenvalue weighted by Gasteiger charge is -2.48. The van der Waals surface area contributed by atoms with Crippen LogP contribution < -0.4 is 5.32 Å². The summed E-state index contributed by atoms with van der Waals surface area (Å²) >= 11 is 0. The van der Waals surface area contributed by atoms with E-state index < -0.39 is 0 Å². The maximum absolute atomic E-state index is 5.65. The maximum Gasteiger partial charge on any atom is 0.0630 e. The molecule has 0 aliphatic carbocycles. The van der Waals surface area contributed by atoms with E-state index in [-0.39, 0.29) is 5.41 Å². The third-order valence-electron chi connectivity index (χ3n) is 4.43. The fourth-order valence-electron chi connectivity index (χ4n) is 3.27. The Morgan fingerprint density at radius 3 is 2.79 bits per heavy atom. The summed E-state index contributed by atoms with van der Waals surface area (Å²) in [4.78, 5) is 3.38. The van der Waals surface area contributed by atoms with Crippen LogP contribution in [0.1, 0.15) is 5.56 Å². The van der Waals surface area contributed by atoms with Crippen LogP contribution in [0.25, 0.3) is 10.9 Å². The first-order valence-electron chi connectivity index (χ1n) is 6.86. The number of aromatic nitrogens is 1. The van der Waals surface area contributed by atoms with Gasteiger partial charge in [0.25, 0.3) is 0 Å². The molecular weight excluding hydrogens is 240 g/mol. The highest BCUT2D eigenvalue weighted by Crippen LogP contribution is 2.40. The predicted molar refractivity (Wildman–Crippen MR) is 73.4 cm³/mol. The topological polar surface area (TPSA) is 46.3 Å². The highest BCUT2D eigenvalue weighted by molar-refractivity contribution is 5.84. The van der Waals surface area contributed by atoms with Gasteiger partial charge in [0.15, 0.2) is 0 Å². The summed E-state index contributed by atoms with van der Waals surface area (Å²) in [6, 6.07) is 8.81. The van der Waals surface area contributed by atoms with Crippen LogP contribution in [-0.2, 0) is 14.9 Å². The Labute approximate surface area is 112 Å². The first kappa shape index (κ1) is 11.5. The fourth-order valence-corrected chi connectivity index (χ4v) is 3.27. The summed E-state index contributed by atoms with van der Waals surface area (Å²) in [5.74, 6) is 0. The smallest absolute Gasteiger partial charge is 0.0630 e. The predicted octanol–water partition coefficient (Wildman–Crippen LogP) is 1.42. The number of para-hydroxylation sites is 1. The molecule has 0 amide bonds. The lowest BCUT2D eigenvalue weighted by molar-refractivity contribution is -0.1000. The second-order valence-electron chi connectivity index (χ2n) is 5.48. The van der Waals surface area contributed by atoms with Crippen LogP contribution in [0.2, 0.25) is 0 Å². The van der Waals surface area contributed by atoms with Crippen molar-refractivity contribution in [1.82, 2.24) is 10.3 Å². The minimum Gasteiger partial charge on any atom is -0.379 e. The lowest BCUT2D eigenvalue weighted by atomic mass is 9.72. The van der Waals surface area contributed by atoms with E-state index in [0.717, 1.165) is 33.0 Å². The van der Waals surface area contributed by atoms with Crippen LogP contribution in [0.15, 0.2) is 30.5 Å². The quantitative estimate of drug-likeness (QED) is 0.856. The Balaban J connectivity index is 1.79. The summed E-state index contributed by atoms with van der Waals surface area (Å²) < 4.78 is 11.2. The van der Waals surface area contributed by atoms with Gasteiger partial charge in [0, 0.05) is 29.7 Å². The van der Waals surface area contributed by atoms with Crippen LogP contribution in [0, 0.1) is 0 Å². The number of ether oxygens (including phenoxy) is 2. The molecule has 0 saturated carbocycles. The Morgan fingerprint density at radius 1 is 1.16 bits per heavy atom. The van der Waals surface area contributed by atoms with Gasteiger partial charge in [0.2, 0.25) is 0 Å². The molecule has 4 heteroatoms. The highest BCUT2D eigenvalue weighted by atomic mass is 16.5. The van der Waals surface area contributed by atoms with Gasteiger partial charge in [-0.05, 0) is 11.6 Å². The number of fused-ring (bicyclic) bond motifs is 1. The minimum atomic E-state index is 0.0556. The Morgan fingerprint density at radius 2 is 2.05 bits per heavy atom. The number of benzene rings is 1. The lowest BCUT2D eigenvalue weighted by Crippen LogP contribution is -2.63. The minimum absolute atomic E-state index is 0.0556. The van der Waals surface area contributed by atoms with Gasteiger partial charge in [0.05, 0.1) is 31.8 Å². The van der Waals surface area contributed by atoms with Crippen LogP contribution >= 0.6 is 0 Å². The summed E-state index contributed by atoms with van der Waals surface area (Å²) in [7, 11) is 0. The third-order valence-corrected chi connectivity index (χ3v) is 4.43. The summed E-state index contributed by atoms with van der Waals surface area (Å²) in [5, 5.41) is 4.90. The van der Waals surface area contributed by atoms with E-state index in [0.29, 0.717) is 6.04 Å². The number of hydrogen-bond donors (Lipinski definition) is 2. The molecular formula is C15H18N2O2. The SMILES string of the molecule is c1ccc2c(C3(C4COCCN4)COC3)c[nH]c2c1. The first-order valence-corrected chi connectivity index (χ1v) is 6.86. The standard InChI is InChI=1S/C15H18N2O2/c1-2-4-13-11(3-1)12(7-17-13)15(9-19-10-15)14-8-18-6-5-16-14/h1-4,7,14,16-17H,5-6,8-10H2. The fraction of sp³-hybridized carbons (Fsp3) is 0.467. The molecule has 4 rings (SSSR count). The zero-order valence-corrected chi connectivity index (χ0v) is 10.8. The van der Waals surface area contributed by atoms with Crippen molar-refractivity contribution in [3.63, 3.8) is 0 Å². The van der Waals surface area contributed by atoms with Gasteiger partial charge in [-0.15, -0.1) is 0 Å². The molecule has 0 bridgehead atoms. The molecule has 2 aliphatic rings. The molecule has 2 N–H and O–H groups in total. The number of nitrogens with one attached hydrogen (secondary N) is 2. The van der Waals surface area contributed by atoms with Gasteiger partial charge in [-0.25, -0.2) is 0 Å². The van der Waals surface area contributed by atoms with E-state index in [1.807, 2.05) is 0 Å². The van der Waals surface area contributed by atoms with Crippen LogP contribution in [0.4, 0.5) is 0 Å². The Bertz CT molecular complexity index is 583. The summed E-state index contributed by atoms with van der Waals surface area (Å²) in [6.07, 6.45) is 2.14. The molecule has 2 saturated heterocycles. The molecule has 2 aromatic rings. The summed E-state index contributed by atoms with van der Waals surface area (Å²) in [6.45, 7) is 4.05. The molecule has 4 nitrogen and oxygen atoms in total. The van der Waals surface area contributed by atoms with Gasteiger partial charge in [-0.1, -0.05) is 18.2 Å². The maximum atomic E-state index is 5.65. The van der Waals surface area contributed by atoms with Crippen molar-refractivity contribution >= 4 is 10.9 Å². The average Bonchev–Trinajstić information content (AvgIpc) is 2.84. The van der Waals surface area contributed by atoms with Crippen molar-refractivity contribution in [2.24, 2.45) is 0 Å². The molecule has 2 aliphatic heterocycles. The van der Waals surface area contributed by atoms with E-state index >= 15 is 0 Å². The van der Waals surface area contributed by atoms with Crippen LogP contribution in [0.5, 0.6) is 0 Å². The van der Waals surface area contributed by atoms with E-state index in [1.54, 1.807) is 0 Å². The van der Waals surface area contributed by atoms with E-state index in [2.05, 4.69) is 40.8 Å². The number of rotatable bonds is 2. The second-order valence-corrected chi connectivity index (χ2v) is 5.48. The summed E-state index contributed by atoms with van der Waals surface area (Å²) in [5.41, 5.74) is 2.61. The highest BCUT2D eigenvalue weighted by Gasteiger charge is 2.49. The molecule has 0 radical (unpaired) electrons. The molecule has 100 valence electrons. The number of hydrogen-bond acceptors (Lipinski definition) is 3. The first-order chi connectivity index (χ1) is 9.40. The molecule has 3 heterocycles. The monoisotopic (exact) mass is 258 g/mol. The van der Waals surface area contributed by atoms with Crippen molar-refractivity contribution in [3.8, 4) is 0 Å². The van der Waals surface area contributed by atoms with Crippen molar-refractivity contribution in [3.05, 3.63) is 36.0 Å². The number of H-pyrrole nitrogens is 1. The molecule has 0 spiro atoms. The van der Waals surface area contributed by atoms with Gasteiger partial charge >= 0.3 is 0 Å². The molecule has 1 unspecified atom stereocenters. The zero-order chi connectivity index (χ0) is 12.7. The van der Waals surface area contributed by atoms with Gasteiger partial charge < -0.3 is 19.8 Å². The van der Waals surface area contributed by atoms with Crippen molar-refractivity contribution in [2.45, 2.75) is 11.5 Å². The van der Waals surface area contributed by atoms with Crippen LogP contribution in [-0.4, -0.2) is 44.0 Å². The largest absolute Gasteiger partial charge is 0.379 e. The van der Waals surface area contributed by atoms with E-state index in [4.69, 9.17) is 9.47 Å². The molecule has 1 atom stereocenters. The van der Waals surface area contributed by atoms with Gasteiger partial charge in [-0.3, -0.25) is 0 Å². The van der Waals surface area contributed by atoms with Crippen molar-refractivity contribution < 1.29 is 9.47 Å². The molecule has 1 aromatic carbocycles. The molecule has 19 heavy (non-hydrogen) atoms. The average molecular weight is 258 g/mol. The molecule has 2 fully saturated rings. The van der Waals surface area contributed by atoms with E-state index in [1.165, 1.54) is 16.5 Å². The van der Waals surface area contributed by atoms with E-state index in [9.17, 15) is 0 Å². The van der Waals surface area contributed by atoms with Gasteiger partial charge in [-0.2, -0.15) is 0 Å². The number of morpholine rings is 1. The van der Waals surface area contributed by atoms with Gasteiger partial charge in [0.1, 0.15) is 0 Å².